The van der Waals surface area contributed by atoms with Crippen LogP contribution in [0.5, 0.6) is 0 Å². The van der Waals surface area contributed by atoms with E-state index in [-0.39, 0.29) is 10.7 Å². The molecule has 1 aromatic rings. The van der Waals surface area contributed by atoms with Gasteiger partial charge in [0.2, 0.25) is 5.70 Å². The minimum Gasteiger partial charge on any atom is -0.259 e. The standard InChI is InChI=1S/C7H6N2O4S/c1-5(8(10)11)2-6-3-7(9(12)13)14-4-6/h2-4H,1H3/b5-2+. The maximum Gasteiger partial charge on any atom is 0.324 e. The summed E-state index contributed by atoms with van der Waals surface area (Å²) in [7, 11) is 0. The first-order valence-corrected chi connectivity index (χ1v) is 4.44. The van der Waals surface area contributed by atoms with Crippen molar-refractivity contribution in [2.75, 3.05) is 0 Å². The van der Waals surface area contributed by atoms with Gasteiger partial charge in [-0.05, 0) is 5.56 Å². The van der Waals surface area contributed by atoms with Crippen LogP contribution >= 0.6 is 11.3 Å². The van der Waals surface area contributed by atoms with Crippen LogP contribution in [0, 0.1) is 20.2 Å². The smallest absolute Gasteiger partial charge is 0.259 e. The molecule has 0 bridgehead atoms. The molecular formula is C7H6N2O4S. The summed E-state index contributed by atoms with van der Waals surface area (Å²) in [6.07, 6.45) is 1.30. The summed E-state index contributed by atoms with van der Waals surface area (Å²) in [6, 6.07) is 1.30. The topological polar surface area (TPSA) is 86.3 Å². The first-order chi connectivity index (χ1) is 6.50. The second-order valence-corrected chi connectivity index (χ2v) is 3.41. The lowest BCUT2D eigenvalue weighted by Gasteiger charge is -1.86. The Morgan fingerprint density at radius 2 is 2.14 bits per heavy atom. The molecule has 0 aliphatic rings. The predicted octanol–water partition coefficient (Wildman–Crippen LogP) is 2.29. The number of nitro groups is 2. The van der Waals surface area contributed by atoms with Gasteiger partial charge in [-0.15, -0.1) is 0 Å². The van der Waals surface area contributed by atoms with E-state index in [0.717, 1.165) is 11.3 Å². The maximum atomic E-state index is 10.3. The van der Waals surface area contributed by atoms with Gasteiger partial charge in [0.15, 0.2) is 0 Å². The van der Waals surface area contributed by atoms with Crippen molar-refractivity contribution < 1.29 is 9.85 Å². The van der Waals surface area contributed by atoms with Crippen molar-refractivity contribution in [1.82, 2.24) is 0 Å². The van der Waals surface area contributed by atoms with Crippen LogP contribution in [0.15, 0.2) is 17.1 Å². The van der Waals surface area contributed by atoms with E-state index in [1.807, 2.05) is 0 Å². The second kappa shape index (κ2) is 3.97. The van der Waals surface area contributed by atoms with Crippen molar-refractivity contribution in [3.05, 3.63) is 42.9 Å². The van der Waals surface area contributed by atoms with Crippen LogP contribution in [0.1, 0.15) is 12.5 Å². The lowest BCUT2D eigenvalue weighted by atomic mass is 10.3. The van der Waals surface area contributed by atoms with Crippen molar-refractivity contribution in [1.29, 1.82) is 0 Å². The molecule has 0 radical (unpaired) electrons. The number of rotatable bonds is 3. The molecule has 0 atom stereocenters. The van der Waals surface area contributed by atoms with E-state index in [1.54, 1.807) is 0 Å². The molecule has 0 aliphatic carbocycles. The monoisotopic (exact) mass is 214 g/mol. The average Bonchev–Trinajstić information content (AvgIpc) is 2.52. The summed E-state index contributed by atoms with van der Waals surface area (Å²) >= 11 is 0.945. The zero-order valence-corrected chi connectivity index (χ0v) is 7.98. The van der Waals surface area contributed by atoms with Crippen LogP contribution in [0.25, 0.3) is 6.08 Å². The van der Waals surface area contributed by atoms with Gasteiger partial charge in [-0.2, -0.15) is 0 Å². The Balaban J connectivity index is 2.93. The molecule has 0 aromatic carbocycles. The quantitative estimate of drug-likeness (QED) is 0.570. The van der Waals surface area contributed by atoms with Crippen LogP contribution in [-0.2, 0) is 0 Å². The zero-order valence-electron chi connectivity index (χ0n) is 7.17. The zero-order chi connectivity index (χ0) is 10.7. The van der Waals surface area contributed by atoms with E-state index in [9.17, 15) is 20.2 Å². The first-order valence-electron chi connectivity index (χ1n) is 3.56. The van der Waals surface area contributed by atoms with Crippen molar-refractivity contribution >= 4 is 22.4 Å². The Labute approximate surface area is 82.8 Å². The Morgan fingerprint density at radius 1 is 1.50 bits per heavy atom. The highest BCUT2D eigenvalue weighted by molar-refractivity contribution is 7.13. The number of allylic oxidation sites excluding steroid dienone is 1. The third-order valence-electron chi connectivity index (χ3n) is 1.45. The fourth-order valence-electron chi connectivity index (χ4n) is 0.804. The Hall–Kier alpha value is -1.76. The van der Waals surface area contributed by atoms with Crippen LogP contribution in [0.3, 0.4) is 0 Å². The van der Waals surface area contributed by atoms with Gasteiger partial charge >= 0.3 is 5.00 Å². The summed E-state index contributed by atoms with van der Waals surface area (Å²) in [5, 5.41) is 22.0. The Kier molecular flexibility index (Phi) is 2.92. The van der Waals surface area contributed by atoms with Gasteiger partial charge in [0, 0.05) is 24.4 Å². The third-order valence-corrected chi connectivity index (χ3v) is 2.35. The lowest BCUT2D eigenvalue weighted by Crippen LogP contribution is -1.92. The van der Waals surface area contributed by atoms with Crippen LogP contribution in [0.2, 0.25) is 0 Å². The van der Waals surface area contributed by atoms with Gasteiger partial charge in [-0.1, -0.05) is 11.3 Å². The highest BCUT2D eigenvalue weighted by Gasteiger charge is 2.10. The second-order valence-electron chi connectivity index (χ2n) is 2.52. The summed E-state index contributed by atoms with van der Waals surface area (Å²) in [5.74, 6) is 0. The van der Waals surface area contributed by atoms with Gasteiger partial charge < -0.3 is 0 Å². The molecule has 6 nitrogen and oxygen atoms in total. The van der Waals surface area contributed by atoms with Gasteiger partial charge in [0.25, 0.3) is 0 Å². The van der Waals surface area contributed by atoms with Crippen molar-refractivity contribution in [2.24, 2.45) is 0 Å². The molecule has 0 spiro atoms. The molecule has 0 N–H and O–H groups in total. The van der Waals surface area contributed by atoms with Gasteiger partial charge in [-0.25, -0.2) is 0 Å². The number of thiophene rings is 1. The predicted molar refractivity (Wildman–Crippen MR) is 51.6 cm³/mol. The summed E-state index contributed by atoms with van der Waals surface area (Å²) in [5.41, 5.74) is 0.439. The van der Waals surface area contributed by atoms with E-state index >= 15 is 0 Å². The van der Waals surface area contributed by atoms with Gasteiger partial charge in [0.1, 0.15) is 0 Å². The molecular weight excluding hydrogens is 208 g/mol. The SMILES string of the molecule is C/C(=C\c1csc([N+](=O)[O-])c1)[N+](=O)[O-]. The summed E-state index contributed by atoms with van der Waals surface area (Å²) < 4.78 is 0. The molecule has 0 amide bonds. The first kappa shape index (κ1) is 10.3. The third kappa shape index (κ3) is 2.36. The summed E-state index contributed by atoms with van der Waals surface area (Å²) in [4.78, 5) is 19.5. The molecule has 74 valence electrons. The molecule has 7 heteroatoms. The minimum atomic E-state index is -0.538. The molecule has 0 saturated heterocycles. The fraction of sp³-hybridized carbons (Fsp3) is 0.143. The lowest BCUT2D eigenvalue weighted by molar-refractivity contribution is -0.422. The van der Waals surface area contributed by atoms with E-state index in [1.165, 1.54) is 24.4 Å². The van der Waals surface area contributed by atoms with Crippen LogP contribution in [0.4, 0.5) is 5.00 Å². The number of hydrogen-bond donors (Lipinski definition) is 0. The maximum absolute atomic E-state index is 10.3. The van der Waals surface area contributed by atoms with E-state index < -0.39 is 9.85 Å². The van der Waals surface area contributed by atoms with Gasteiger partial charge in [0.05, 0.1) is 9.85 Å². The normalized spacial score (nSPS) is 11.4. The van der Waals surface area contributed by atoms with Crippen LogP contribution in [-0.4, -0.2) is 9.85 Å². The highest BCUT2D eigenvalue weighted by atomic mass is 32.1. The average molecular weight is 214 g/mol. The molecule has 0 fully saturated rings. The van der Waals surface area contributed by atoms with Crippen molar-refractivity contribution in [2.45, 2.75) is 6.92 Å². The fourth-order valence-corrected chi connectivity index (χ4v) is 1.49. The number of nitrogens with zero attached hydrogens (tertiary/aromatic N) is 2. The molecule has 1 aromatic heterocycles. The summed E-state index contributed by atoms with van der Waals surface area (Å²) in [6.45, 7) is 1.34. The molecule has 0 saturated carbocycles. The van der Waals surface area contributed by atoms with Crippen molar-refractivity contribution in [3.8, 4) is 0 Å². The highest BCUT2D eigenvalue weighted by Crippen LogP contribution is 2.24. The van der Waals surface area contributed by atoms with Crippen LogP contribution < -0.4 is 0 Å². The van der Waals surface area contributed by atoms with E-state index in [4.69, 9.17) is 0 Å². The van der Waals surface area contributed by atoms with Gasteiger partial charge in [-0.3, -0.25) is 20.2 Å². The molecule has 14 heavy (non-hydrogen) atoms. The largest absolute Gasteiger partial charge is 0.324 e. The molecule has 1 heterocycles. The Bertz CT molecular complexity index is 410. The van der Waals surface area contributed by atoms with E-state index in [2.05, 4.69) is 0 Å². The Morgan fingerprint density at radius 3 is 2.57 bits per heavy atom. The number of hydrogen-bond acceptors (Lipinski definition) is 5. The molecule has 0 unspecified atom stereocenters. The van der Waals surface area contributed by atoms with Crippen molar-refractivity contribution in [3.63, 3.8) is 0 Å². The molecule has 1 rings (SSSR count). The van der Waals surface area contributed by atoms with E-state index in [0.29, 0.717) is 5.56 Å². The minimum absolute atomic E-state index is 0.0209. The molecule has 0 aliphatic heterocycles.